The van der Waals surface area contributed by atoms with Crippen LogP contribution in [-0.4, -0.2) is 14.1 Å². The van der Waals surface area contributed by atoms with Gasteiger partial charge in [-0.15, -0.1) is 0 Å². The quantitative estimate of drug-likeness (QED) is 0.685. The maximum atomic E-state index is 12.3. The molecule has 0 fully saturated rings. The van der Waals surface area contributed by atoms with E-state index >= 15 is 0 Å². The number of rotatable bonds is 1. The van der Waals surface area contributed by atoms with Crippen LogP contribution >= 0.6 is 11.6 Å². The van der Waals surface area contributed by atoms with Crippen molar-refractivity contribution in [2.75, 3.05) is 0 Å². The summed E-state index contributed by atoms with van der Waals surface area (Å²) in [4.78, 5) is 28.6. The third-order valence-corrected chi connectivity index (χ3v) is 3.35. The summed E-state index contributed by atoms with van der Waals surface area (Å²) >= 11 is 5.86. The van der Waals surface area contributed by atoms with Crippen molar-refractivity contribution in [3.63, 3.8) is 0 Å². The number of fused-ring (bicyclic) bond motifs is 1. The minimum atomic E-state index is -0.441. The lowest BCUT2D eigenvalue weighted by atomic mass is 10.3. The van der Waals surface area contributed by atoms with E-state index in [1.54, 1.807) is 42.6 Å². The summed E-state index contributed by atoms with van der Waals surface area (Å²) in [6, 6.07) is 10.1. The van der Waals surface area contributed by atoms with E-state index in [1.807, 2.05) is 0 Å². The van der Waals surface area contributed by atoms with Crippen LogP contribution in [-0.2, 0) is 7.05 Å². The highest BCUT2D eigenvalue weighted by molar-refractivity contribution is 6.30. The first-order valence-corrected chi connectivity index (χ1v) is 6.30. The SMILES string of the molecule is Cn1c(=O)c2cccnc2n(-c2ccc(Cl)cc2)c1=O. The van der Waals surface area contributed by atoms with Crippen molar-refractivity contribution in [1.29, 1.82) is 0 Å². The molecule has 2 aromatic heterocycles. The highest BCUT2D eigenvalue weighted by atomic mass is 35.5. The molecule has 100 valence electrons. The van der Waals surface area contributed by atoms with Gasteiger partial charge in [0.15, 0.2) is 5.65 Å². The number of nitrogens with zero attached hydrogens (tertiary/aromatic N) is 3. The lowest BCUT2D eigenvalue weighted by Crippen LogP contribution is -2.37. The Balaban J connectivity index is 2.50. The van der Waals surface area contributed by atoms with Crippen molar-refractivity contribution >= 4 is 22.6 Å². The van der Waals surface area contributed by atoms with Gasteiger partial charge in [-0.1, -0.05) is 11.6 Å². The second-order valence-electron chi connectivity index (χ2n) is 4.33. The highest BCUT2D eigenvalue weighted by Gasteiger charge is 2.12. The van der Waals surface area contributed by atoms with Gasteiger partial charge in [0.2, 0.25) is 0 Å². The molecule has 0 radical (unpaired) electrons. The molecule has 3 rings (SSSR count). The fourth-order valence-electron chi connectivity index (χ4n) is 2.07. The molecule has 0 unspecified atom stereocenters. The molecular formula is C14H10ClN3O2. The molecule has 0 saturated heterocycles. The van der Waals surface area contributed by atoms with Crippen molar-refractivity contribution in [3.05, 3.63) is 68.5 Å². The molecular weight excluding hydrogens is 278 g/mol. The lowest BCUT2D eigenvalue weighted by Gasteiger charge is -2.10. The maximum Gasteiger partial charge on any atom is 0.337 e. The standard InChI is InChI=1S/C14H10ClN3O2/c1-17-13(19)11-3-2-8-16-12(11)18(14(17)20)10-6-4-9(15)5-7-10/h2-8H,1H3. The molecule has 0 saturated carbocycles. The molecule has 0 aliphatic carbocycles. The summed E-state index contributed by atoms with van der Waals surface area (Å²) in [5.41, 5.74) is 0.147. The number of benzene rings is 1. The van der Waals surface area contributed by atoms with Crippen LogP contribution in [0.4, 0.5) is 0 Å². The zero-order valence-electron chi connectivity index (χ0n) is 10.6. The molecule has 0 bridgehead atoms. The maximum absolute atomic E-state index is 12.3. The Morgan fingerprint density at radius 1 is 1.10 bits per heavy atom. The van der Waals surface area contributed by atoms with Crippen molar-refractivity contribution < 1.29 is 0 Å². The van der Waals surface area contributed by atoms with E-state index in [4.69, 9.17) is 11.6 Å². The predicted molar refractivity (Wildman–Crippen MR) is 77.6 cm³/mol. The van der Waals surface area contributed by atoms with Gasteiger partial charge in [0, 0.05) is 18.3 Å². The van der Waals surface area contributed by atoms with Gasteiger partial charge in [0.1, 0.15) is 0 Å². The molecule has 5 nitrogen and oxygen atoms in total. The summed E-state index contributed by atoms with van der Waals surface area (Å²) in [5, 5.41) is 0.966. The van der Waals surface area contributed by atoms with Crippen LogP contribution in [0.3, 0.4) is 0 Å². The van der Waals surface area contributed by atoms with Gasteiger partial charge < -0.3 is 0 Å². The number of hydrogen-bond donors (Lipinski definition) is 0. The monoisotopic (exact) mass is 287 g/mol. The van der Waals surface area contributed by atoms with Crippen LogP contribution in [0.5, 0.6) is 0 Å². The summed E-state index contributed by atoms with van der Waals surface area (Å²) < 4.78 is 2.46. The number of pyridine rings is 1. The molecule has 1 aromatic carbocycles. The Hall–Kier alpha value is -2.40. The molecule has 3 aromatic rings. The normalized spacial score (nSPS) is 10.9. The molecule has 2 heterocycles. The molecule has 0 N–H and O–H groups in total. The van der Waals surface area contributed by atoms with Crippen LogP contribution in [0.1, 0.15) is 0 Å². The van der Waals surface area contributed by atoms with E-state index in [0.717, 1.165) is 4.57 Å². The Labute approximate surface area is 118 Å². The van der Waals surface area contributed by atoms with E-state index in [9.17, 15) is 9.59 Å². The van der Waals surface area contributed by atoms with Gasteiger partial charge in [-0.3, -0.25) is 9.36 Å². The zero-order chi connectivity index (χ0) is 14.3. The Kier molecular flexibility index (Phi) is 2.91. The lowest BCUT2D eigenvalue weighted by molar-refractivity contribution is 0.748. The van der Waals surface area contributed by atoms with E-state index < -0.39 is 5.69 Å². The zero-order valence-corrected chi connectivity index (χ0v) is 11.3. The summed E-state index contributed by atoms with van der Waals surface area (Å²) in [5.74, 6) is 0. The fourth-order valence-corrected chi connectivity index (χ4v) is 2.20. The molecule has 0 aliphatic rings. The third-order valence-electron chi connectivity index (χ3n) is 3.10. The number of hydrogen-bond acceptors (Lipinski definition) is 3. The van der Waals surface area contributed by atoms with Crippen LogP contribution in [0, 0.1) is 0 Å². The fraction of sp³-hybridized carbons (Fsp3) is 0.0714. The second kappa shape index (κ2) is 4.61. The molecule has 0 atom stereocenters. The minimum Gasteiger partial charge on any atom is -0.268 e. The van der Waals surface area contributed by atoms with E-state index in [0.29, 0.717) is 21.7 Å². The van der Waals surface area contributed by atoms with Gasteiger partial charge >= 0.3 is 5.69 Å². The van der Waals surface area contributed by atoms with Crippen LogP contribution in [0.25, 0.3) is 16.7 Å². The second-order valence-corrected chi connectivity index (χ2v) is 4.77. The van der Waals surface area contributed by atoms with Crippen LogP contribution in [0.15, 0.2) is 52.2 Å². The topological polar surface area (TPSA) is 56.9 Å². The van der Waals surface area contributed by atoms with Crippen LogP contribution in [0.2, 0.25) is 5.02 Å². The smallest absolute Gasteiger partial charge is 0.268 e. The van der Waals surface area contributed by atoms with Gasteiger partial charge in [-0.25, -0.2) is 14.3 Å². The average molecular weight is 288 g/mol. The molecule has 0 amide bonds. The first-order valence-electron chi connectivity index (χ1n) is 5.92. The van der Waals surface area contributed by atoms with Gasteiger partial charge in [0.25, 0.3) is 5.56 Å². The van der Waals surface area contributed by atoms with E-state index in [2.05, 4.69) is 4.98 Å². The van der Waals surface area contributed by atoms with Crippen molar-refractivity contribution in [1.82, 2.24) is 14.1 Å². The van der Waals surface area contributed by atoms with Crippen LogP contribution < -0.4 is 11.2 Å². The van der Waals surface area contributed by atoms with Gasteiger partial charge in [0.05, 0.1) is 11.1 Å². The molecule has 0 spiro atoms. The predicted octanol–water partition coefficient (Wildman–Crippen LogP) is 1.74. The van der Waals surface area contributed by atoms with Crippen molar-refractivity contribution in [2.45, 2.75) is 0 Å². The minimum absolute atomic E-state index is 0.336. The first-order chi connectivity index (χ1) is 9.59. The molecule has 6 heteroatoms. The number of halogens is 1. The van der Waals surface area contributed by atoms with E-state index in [1.165, 1.54) is 11.6 Å². The van der Waals surface area contributed by atoms with Crippen molar-refractivity contribution in [2.24, 2.45) is 7.05 Å². The Morgan fingerprint density at radius 2 is 1.80 bits per heavy atom. The Morgan fingerprint density at radius 3 is 2.50 bits per heavy atom. The summed E-state index contributed by atoms with van der Waals surface area (Å²) in [6.45, 7) is 0. The number of aromatic nitrogens is 3. The largest absolute Gasteiger partial charge is 0.337 e. The van der Waals surface area contributed by atoms with Gasteiger partial charge in [-0.2, -0.15) is 0 Å². The first kappa shape index (κ1) is 12.6. The molecule has 20 heavy (non-hydrogen) atoms. The summed E-state index contributed by atoms with van der Waals surface area (Å²) in [7, 11) is 1.45. The van der Waals surface area contributed by atoms with E-state index in [-0.39, 0.29) is 5.56 Å². The average Bonchev–Trinajstić information content (AvgIpc) is 2.47. The third kappa shape index (κ3) is 1.83. The summed E-state index contributed by atoms with van der Waals surface area (Å²) in [6.07, 6.45) is 1.55. The highest BCUT2D eigenvalue weighted by Crippen LogP contribution is 2.14. The van der Waals surface area contributed by atoms with Gasteiger partial charge in [-0.05, 0) is 36.4 Å². The van der Waals surface area contributed by atoms with Crippen molar-refractivity contribution in [3.8, 4) is 5.69 Å². The Bertz CT molecular complexity index is 910. The molecule has 0 aliphatic heterocycles.